The first kappa shape index (κ1) is 19.9. The topological polar surface area (TPSA) is 96.6 Å². The lowest BCUT2D eigenvalue weighted by atomic mass is 10.1. The van der Waals surface area contributed by atoms with Crippen LogP contribution in [0.2, 0.25) is 0 Å². The van der Waals surface area contributed by atoms with Crippen LogP contribution in [-0.2, 0) is 22.3 Å². The summed E-state index contributed by atoms with van der Waals surface area (Å²) >= 11 is 0. The van der Waals surface area contributed by atoms with E-state index < -0.39 is 10.0 Å². The first-order valence-corrected chi connectivity index (χ1v) is 7.76. The maximum absolute atomic E-state index is 11.4. The Balaban J connectivity index is 0.00000400. The van der Waals surface area contributed by atoms with Crippen molar-refractivity contribution >= 4 is 40.0 Å². The third-order valence-electron chi connectivity index (χ3n) is 2.55. The maximum Gasteiger partial charge on any atom is 0.215 e. The van der Waals surface area contributed by atoms with E-state index in [1.165, 1.54) is 7.05 Å². The lowest BCUT2D eigenvalue weighted by Gasteiger charge is -2.05. The van der Waals surface area contributed by atoms with Gasteiger partial charge in [0.05, 0.1) is 12.3 Å². The van der Waals surface area contributed by atoms with E-state index in [-0.39, 0.29) is 29.7 Å². The number of benzene rings is 1. The van der Waals surface area contributed by atoms with Gasteiger partial charge in [-0.25, -0.2) is 18.1 Å². The van der Waals surface area contributed by atoms with Crippen molar-refractivity contribution in [1.29, 1.82) is 0 Å². The second-order valence-corrected chi connectivity index (χ2v) is 6.08. The van der Waals surface area contributed by atoms with Gasteiger partial charge < -0.3 is 11.1 Å². The van der Waals surface area contributed by atoms with Crippen LogP contribution in [0, 0.1) is 0 Å². The van der Waals surface area contributed by atoms with E-state index in [0.29, 0.717) is 19.0 Å². The zero-order chi connectivity index (χ0) is 15.0. The van der Waals surface area contributed by atoms with Gasteiger partial charge in [0, 0.05) is 6.54 Å². The Morgan fingerprint density at radius 2 is 1.90 bits per heavy atom. The Hall–Kier alpha value is -1.13. The Labute approximate surface area is 143 Å². The number of rotatable bonds is 7. The van der Waals surface area contributed by atoms with Gasteiger partial charge in [-0.1, -0.05) is 30.3 Å². The molecule has 0 heterocycles. The van der Waals surface area contributed by atoms with Crippen LogP contribution >= 0.6 is 24.0 Å². The lowest BCUT2D eigenvalue weighted by Crippen LogP contribution is -2.31. The van der Waals surface area contributed by atoms with Crippen LogP contribution < -0.4 is 15.8 Å². The molecule has 0 unspecified atom stereocenters. The minimum Gasteiger partial charge on any atom is -0.370 e. The lowest BCUT2D eigenvalue weighted by molar-refractivity contribution is 0.587. The molecule has 0 aliphatic rings. The predicted octanol–water partition coefficient (Wildman–Crippen LogP) is 0.944. The fourth-order valence-corrected chi connectivity index (χ4v) is 2.22. The van der Waals surface area contributed by atoms with E-state index in [1.54, 1.807) is 18.2 Å². The van der Waals surface area contributed by atoms with E-state index in [4.69, 9.17) is 5.73 Å². The van der Waals surface area contributed by atoms with Crippen molar-refractivity contribution in [1.82, 2.24) is 10.0 Å². The monoisotopic (exact) mass is 424 g/mol. The number of nitrogens with zero attached hydrogens (tertiary/aromatic N) is 1. The minimum absolute atomic E-state index is 0. The summed E-state index contributed by atoms with van der Waals surface area (Å²) in [4.78, 5) is 4.16. The Kier molecular flexibility index (Phi) is 9.22. The molecular formula is C13H21IN4O2S. The Morgan fingerprint density at radius 3 is 2.43 bits per heavy atom. The molecule has 0 fully saturated rings. The zero-order valence-corrected chi connectivity index (χ0v) is 15.0. The van der Waals surface area contributed by atoms with Gasteiger partial charge in [0.25, 0.3) is 0 Å². The predicted molar refractivity (Wildman–Crippen MR) is 97.1 cm³/mol. The van der Waals surface area contributed by atoms with E-state index in [9.17, 15) is 8.42 Å². The summed E-state index contributed by atoms with van der Waals surface area (Å²) in [6.45, 7) is 4.57. The fourth-order valence-electron chi connectivity index (χ4n) is 1.44. The molecule has 0 radical (unpaired) electrons. The van der Waals surface area contributed by atoms with Gasteiger partial charge in [0.1, 0.15) is 0 Å². The Morgan fingerprint density at radius 1 is 1.33 bits per heavy atom. The number of aliphatic imine (C=N–C) groups is 1. The largest absolute Gasteiger partial charge is 0.370 e. The summed E-state index contributed by atoms with van der Waals surface area (Å²) in [5, 5.41) is 2.87. The summed E-state index contributed by atoms with van der Waals surface area (Å²) in [6.07, 6.45) is 1.69. The summed E-state index contributed by atoms with van der Waals surface area (Å²) in [5.74, 6) is 0.322. The van der Waals surface area contributed by atoms with Crippen LogP contribution in [-0.4, -0.2) is 28.0 Å². The molecule has 0 bridgehead atoms. The average molecular weight is 424 g/mol. The molecule has 1 aromatic rings. The number of hydrogen-bond acceptors (Lipinski definition) is 3. The van der Waals surface area contributed by atoms with Crippen molar-refractivity contribution in [3.63, 3.8) is 0 Å². The van der Waals surface area contributed by atoms with Crippen molar-refractivity contribution in [2.45, 2.75) is 12.3 Å². The Bertz CT molecular complexity index is 570. The van der Waals surface area contributed by atoms with E-state index >= 15 is 0 Å². The quantitative estimate of drug-likeness (QED) is 0.263. The van der Waals surface area contributed by atoms with Gasteiger partial charge in [0.15, 0.2) is 5.96 Å². The van der Waals surface area contributed by atoms with Gasteiger partial charge in [-0.2, -0.15) is 0 Å². The van der Waals surface area contributed by atoms with Crippen molar-refractivity contribution in [3.05, 3.63) is 48.0 Å². The van der Waals surface area contributed by atoms with Gasteiger partial charge >= 0.3 is 0 Å². The molecule has 1 rings (SSSR count). The van der Waals surface area contributed by atoms with E-state index in [1.807, 2.05) is 12.1 Å². The first-order chi connectivity index (χ1) is 9.46. The maximum atomic E-state index is 11.4. The molecule has 1 aromatic carbocycles. The minimum atomic E-state index is -3.24. The average Bonchev–Trinajstić information content (AvgIpc) is 2.44. The molecule has 0 aromatic heterocycles. The van der Waals surface area contributed by atoms with Crippen molar-refractivity contribution in [2.75, 3.05) is 13.6 Å². The third kappa shape index (κ3) is 8.02. The van der Waals surface area contributed by atoms with Crippen LogP contribution in [0.5, 0.6) is 0 Å². The molecule has 0 saturated carbocycles. The standard InChI is InChI=1S/C13H20N4O2S.HI/c1-3-8-16-13(14)17-9-11-4-6-12(7-5-11)10-20(18,19)15-2;/h3-7,15H,1,8-10H2,2H3,(H3,14,16,17);1H. The second-order valence-electron chi connectivity index (χ2n) is 4.15. The molecule has 0 amide bonds. The molecule has 118 valence electrons. The first-order valence-electron chi connectivity index (χ1n) is 6.10. The molecule has 8 heteroatoms. The molecule has 0 aliphatic heterocycles. The normalized spacial score (nSPS) is 11.6. The highest BCUT2D eigenvalue weighted by Crippen LogP contribution is 2.08. The van der Waals surface area contributed by atoms with E-state index in [0.717, 1.165) is 11.1 Å². The van der Waals surface area contributed by atoms with Crippen LogP contribution in [0.25, 0.3) is 0 Å². The summed E-state index contributed by atoms with van der Waals surface area (Å²) < 4.78 is 25.1. The highest BCUT2D eigenvalue weighted by atomic mass is 127. The number of nitrogens with one attached hydrogen (secondary N) is 2. The molecule has 21 heavy (non-hydrogen) atoms. The van der Waals surface area contributed by atoms with Gasteiger partial charge in [-0.15, -0.1) is 30.6 Å². The molecule has 0 saturated heterocycles. The van der Waals surface area contributed by atoms with Crippen LogP contribution in [0.4, 0.5) is 0 Å². The molecule has 0 atom stereocenters. The third-order valence-corrected chi connectivity index (χ3v) is 3.89. The summed E-state index contributed by atoms with van der Waals surface area (Å²) in [5.41, 5.74) is 7.33. The van der Waals surface area contributed by atoms with Gasteiger partial charge in [-0.3, -0.25) is 0 Å². The van der Waals surface area contributed by atoms with Gasteiger partial charge in [-0.05, 0) is 18.2 Å². The van der Waals surface area contributed by atoms with Crippen molar-refractivity contribution in [3.8, 4) is 0 Å². The highest BCUT2D eigenvalue weighted by Gasteiger charge is 2.07. The molecule has 6 nitrogen and oxygen atoms in total. The van der Waals surface area contributed by atoms with Crippen molar-refractivity contribution in [2.24, 2.45) is 10.7 Å². The molecule has 0 spiro atoms. The summed E-state index contributed by atoms with van der Waals surface area (Å²) in [6, 6.07) is 7.22. The fraction of sp³-hybridized carbons (Fsp3) is 0.308. The van der Waals surface area contributed by atoms with Gasteiger partial charge in [0.2, 0.25) is 10.0 Å². The number of sulfonamides is 1. The summed E-state index contributed by atoms with van der Waals surface area (Å²) in [7, 11) is -1.84. The molecule has 0 aliphatic carbocycles. The van der Waals surface area contributed by atoms with Crippen LogP contribution in [0.15, 0.2) is 41.9 Å². The number of guanidine groups is 1. The number of hydrogen-bond donors (Lipinski definition) is 3. The second kappa shape index (κ2) is 9.74. The smallest absolute Gasteiger partial charge is 0.215 e. The highest BCUT2D eigenvalue weighted by molar-refractivity contribution is 14.0. The van der Waals surface area contributed by atoms with Crippen molar-refractivity contribution < 1.29 is 8.42 Å². The molecule has 4 N–H and O–H groups in total. The van der Waals surface area contributed by atoms with Crippen LogP contribution in [0.1, 0.15) is 11.1 Å². The van der Waals surface area contributed by atoms with E-state index in [2.05, 4.69) is 21.6 Å². The van der Waals surface area contributed by atoms with Crippen LogP contribution in [0.3, 0.4) is 0 Å². The number of halogens is 1. The number of nitrogens with two attached hydrogens (primary N) is 1. The SMILES string of the molecule is C=CCNC(N)=NCc1ccc(CS(=O)(=O)NC)cc1.I. The zero-order valence-electron chi connectivity index (χ0n) is 11.9. The molecular weight excluding hydrogens is 403 g/mol.